The molecule has 0 fully saturated rings. The van der Waals surface area contributed by atoms with E-state index in [-0.39, 0.29) is 37.1 Å². The van der Waals surface area contributed by atoms with Gasteiger partial charge >= 0.3 is 0 Å². The van der Waals surface area contributed by atoms with Gasteiger partial charge in [-0.05, 0) is 78.8 Å². The Kier molecular flexibility index (Phi) is 13.5. The van der Waals surface area contributed by atoms with Crippen LogP contribution >= 0.6 is 0 Å². The lowest BCUT2D eigenvalue weighted by Gasteiger charge is -2.36. The summed E-state index contributed by atoms with van der Waals surface area (Å²) in [6.45, 7) is 10.3. The van der Waals surface area contributed by atoms with Crippen molar-refractivity contribution in [1.82, 2.24) is 9.80 Å². The van der Waals surface area contributed by atoms with Crippen LogP contribution in [0.3, 0.4) is 0 Å². The van der Waals surface area contributed by atoms with E-state index in [2.05, 4.69) is 39.2 Å². The van der Waals surface area contributed by atoms with Gasteiger partial charge in [-0.15, -0.1) is 0 Å². The second-order valence-electron chi connectivity index (χ2n) is 14.1. The van der Waals surface area contributed by atoms with Crippen LogP contribution in [-0.2, 0) is 22.7 Å². The molecule has 0 bridgehead atoms. The molecule has 0 radical (unpaired) electrons. The van der Waals surface area contributed by atoms with Crippen LogP contribution < -0.4 is 28.7 Å². The molecule has 4 aromatic rings. The molecular weight excluding hydrogens is 691 g/mol. The normalized spacial score (nSPS) is 11.3. The monoisotopic (exact) mass is 741 g/mol. The highest BCUT2D eigenvalue weighted by molar-refractivity contribution is 6.74. The Balaban J connectivity index is 1.68. The van der Waals surface area contributed by atoms with Crippen LogP contribution in [0.2, 0.25) is 18.1 Å². The number of ether oxygens (including phenoxy) is 4. The lowest BCUT2D eigenvalue weighted by Crippen LogP contribution is -2.45. The van der Waals surface area contributed by atoms with Gasteiger partial charge in [0, 0.05) is 41.1 Å². The minimum atomic E-state index is -2.15. The van der Waals surface area contributed by atoms with Gasteiger partial charge in [0.1, 0.15) is 41.8 Å². The summed E-state index contributed by atoms with van der Waals surface area (Å²) in [5.74, 6) is 1.69. The highest BCUT2D eigenvalue weighted by Gasteiger charge is 2.39. The molecule has 0 aliphatic carbocycles. The average molecular weight is 742 g/mol. The maximum atomic E-state index is 14.4. The topological polar surface area (TPSA) is 116 Å². The SMILES string of the molecule is COc1ccc(NC(=O)CN(Cc2ccc(O[Si](C)(C)C(C)(C)C)cc2OC)C(=O)CN(Cc2ccc(OC)cc2OC)C(=O)c2ccccc2)cc1. The van der Waals surface area contributed by atoms with E-state index in [0.29, 0.717) is 51.1 Å². The number of nitrogens with zero attached hydrogens (tertiary/aromatic N) is 2. The molecule has 0 saturated heterocycles. The van der Waals surface area contributed by atoms with E-state index in [1.54, 1.807) is 88.1 Å². The fourth-order valence-corrected chi connectivity index (χ4v) is 6.29. The van der Waals surface area contributed by atoms with Crippen molar-refractivity contribution in [1.29, 1.82) is 0 Å². The van der Waals surface area contributed by atoms with E-state index in [1.165, 1.54) is 16.9 Å². The Bertz CT molecular complexity index is 1860. The summed E-state index contributed by atoms with van der Waals surface area (Å²) in [5.41, 5.74) is 2.29. The maximum absolute atomic E-state index is 14.4. The number of rotatable bonds is 16. The number of hydrogen-bond donors (Lipinski definition) is 1. The lowest BCUT2D eigenvalue weighted by molar-refractivity contribution is -0.136. The van der Waals surface area contributed by atoms with E-state index >= 15 is 0 Å². The Morgan fingerprint density at radius 2 is 1.17 bits per heavy atom. The second kappa shape index (κ2) is 17.8. The molecule has 0 aliphatic heterocycles. The molecule has 4 rings (SSSR count). The number of hydrogen-bond acceptors (Lipinski definition) is 8. The molecule has 0 unspecified atom stereocenters. The van der Waals surface area contributed by atoms with Crippen molar-refractivity contribution >= 4 is 31.7 Å². The van der Waals surface area contributed by atoms with Crippen LogP contribution in [0.25, 0.3) is 0 Å². The van der Waals surface area contributed by atoms with Crippen LogP contribution in [0.5, 0.6) is 28.7 Å². The summed E-state index contributed by atoms with van der Waals surface area (Å²) >= 11 is 0. The van der Waals surface area contributed by atoms with Crippen LogP contribution in [0.1, 0.15) is 42.3 Å². The first-order chi connectivity index (χ1) is 25.2. The molecule has 53 heavy (non-hydrogen) atoms. The van der Waals surface area contributed by atoms with Crippen molar-refractivity contribution in [2.75, 3.05) is 46.8 Å². The smallest absolute Gasteiger partial charge is 0.254 e. The van der Waals surface area contributed by atoms with Gasteiger partial charge in [-0.1, -0.05) is 39.0 Å². The van der Waals surface area contributed by atoms with E-state index in [9.17, 15) is 14.4 Å². The molecule has 1 N–H and O–H groups in total. The molecule has 0 heterocycles. The fraction of sp³-hybridized carbons (Fsp3) is 0.341. The number of methoxy groups -OCH3 is 4. The minimum Gasteiger partial charge on any atom is -0.543 e. The Labute approximate surface area is 313 Å². The van der Waals surface area contributed by atoms with Crippen molar-refractivity contribution < 1.29 is 37.8 Å². The third kappa shape index (κ3) is 10.8. The summed E-state index contributed by atoms with van der Waals surface area (Å²) in [7, 11) is 4.06. The van der Waals surface area contributed by atoms with Crippen molar-refractivity contribution in [3.05, 3.63) is 108 Å². The molecule has 282 valence electrons. The molecule has 0 aliphatic rings. The molecular formula is C41H51N3O8Si. The van der Waals surface area contributed by atoms with Gasteiger partial charge in [0.15, 0.2) is 0 Å². The highest BCUT2D eigenvalue weighted by atomic mass is 28.4. The number of benzene rings is 4. The third-order valence-corrected chi connectivity index (χ3v) is 13.7. The van der Waals surface area contributed by atoms with Gasteiger partial charge in [0.05, 0.1) is 35.0 Å². The van der Waals surface area contributed by atoms with Gasteiger partial charge in [-0.2, -0.15) is 0 Å². The summed E-state index contributed by atoms with van der Waals surface area (Å²) in [5, 5.41) is 2.85. The predicted octanol–water partition coefficient (Wildman–Crippen LogP) is 7.41. The van der Waals surface area contributed by atoms with Crippen molar-refractivity contribution in [3.8, 4) is 28.7 Å². The van der Waals surface area contributed by atoms with Crippen LogP contribution in [0.4, 0.5) is 5.69 Å². The Hall–Kier alpha value is -5.49. The van der Waals surface area contributed by atoms with Crippen molar-refractivity contribution in [2.45, 2.75) is 52.0 Å². The third-order valence-electron chi connectivity index (χ3n) is 9.35. The zero-order valence-electron chi connectivity index (χ0n) is 32.1. The Morgan fingerprint density at radius 3 is 1.72 bits per heavy atom. The number of amides is 3. The first-order valence-electron chi connectivity index (χ1n) is 17.3. The standard InChI is InChI=1S/C41H51N3O8Si/c1-41(2,3)53(8,9)52-35-20-16-30(37(24-35)51-7)25-43(27-38(45)42-32-17-21-33(48-4)22-18-32)39(46)28-44(40(47)29-13-11-10-12-14-29)26-31-15-19-34(49-5)23-36(31)50-6/h10-24H,25-28H2,1-9H3,(H,42,45). The zero-order chi connectivity index (χ0) is 38.8. The van der Waals surface area contributed by atoms with Crippen molar-refractivity contribution in [3.63, 3.8) is 0 Å². The van der Waals surface area contributed by atoms with Gasteiger partial charge in [0.25, 0.3) is 5.91 Å². The number of anilines is 1. The van der Waals surface area contributed by atoms with Gasteiger partial charge in [-0.3, -0.25) is 14.4 Å². The van der Waals surface area contributed by atoms with E-state index in [0.717, 1.165) is 0 Å². The minimum absolute atomic E-state index is 0.0156. The quantitative estimate of drug-likeness (QED) is 0.118. The predicted molar refractivity (Wildman–Crippen MR) is 209 cm³/mol. The van der Waals surface area contributed by atoms with Crippen molar-refractivity contribution in [2.24, 2.45) is 0 Å². The first kappa shape index (κ1) is 40.3. The summed E-state index contributed by atoms with van der Waals surface area (Å²) in [6.07, 6.45) is 0. The molecule has 0 atom stereocenters. The number of carbonyl (C=O) groups excluding carboxylic acids is 3. The molecule has 3 amide bonds. The molecule has 11 nitrogen and oxygen atoms in total. The maximum Gasteiger partial charge on any atom is 0.254 e. The first-order valence-corrected chi connectivity index (χ1v) is 20.2. The molecule has 0 spiro atoms. The second-order valence-corrected chi connectivity index (χ2v) is 18.8. The van der Waals surface area contributed by atoms with Gasteiger partial charge < -0.3 is 38.5 Å². The van der Waals surface area contributed by atoms with Gasteiger partial charge in [-0.25, -0.2) is 0 Å². The molecule has 4 aromatic carbocycles. The molecule has 0 saturated carbocycles. The average Bonchev–Trinajstić information content (AvgIpc) is 3.14. The largest absolute Gasteiger partial charge is 0.543 e. The molecule has 0 aromatic heterocycles. The van der Waals surface area contributed by atoms with Gasteiger partial charge in [0.2, 0.25) is 20.1 Å². The van der Waals surface area contributed by atoms with E-state index in [1.807, 2.05) is 24.3 Å². The Morgan fingerprint density at radius 1 is 0.642 bits per heavy atom. The van der Waals surface area contributed by atoms with Crippen LogP contribution in [0.15, 0.2) is 91.0 Å². The summed E-state index contributed by atoms with van der Waals surface area (Å²) < 4.78 is 28.5. The zero-order valence-corrected chi connectivity index (χ0v) is 33.1. The van der Waals surface area contributed by atoms with Crippen LogP contribution in [-0.4, -0.2) is 77.4 Å². The highest BCUT2D eigenvalue weighted by Crippen LogP contribution is 2.38. The summed E-state index contributed by atoms with van der Waals surface area (Å²) in [4.78, 5) is 44.8. The van der Waals surface area contributed by atoms with Crippen LogP contribution in [0, 0.1) is 0 Å². The van der Waals surface area contributed by atoms with E-state index < -0.39 is 20.1 Å². The van der Waals surface area contributed by atoms with E-state index in [4.69, 9.17) is 23.4 Å². The number of nitrogens with one attached hydrogen (secondary N) is 1. The fourth-order valence-electron chi connectivity index (χ4n) is 5.27. The molecule has 12 heteroatoms. The summed E-state index contributed by atoms with van der Waals surface area (Å²) in [6, 6.07) is 26.5. The lowest BCUT2D eigenvalue weighted by atomic mass is 10.1. The number of carbonyl (C=O) groups is 3.